The summed E-state index contributed by atoms with van der Waals surface area (Å²) in [5.41, 5.74) is 3.09. The Labute approximate surface area is 177 Å². The predicted octanol–water partition coefficient (Wildman–Crippen LogP) is 4.19. The standard InChI is InChI=1S/C23H28N4O3/c1-16(2)22-9-8-21(12-17(22)3)30-18(4)23(28)26-19-6-5-7-20(13-19)29-11-10-27-15-24-14-25-27/h5-9,12-16,18H,10-11H2,1-4H3,(H,26,28). The van der Waals surface area contributed by atoms with Gasteiger partial charge in [0.1, 0.15) is 30.8 Å². The summed E-state index contributed by atoms with van der Waals surface area (Å²) < 4.78 is 13.3. The van der Waals surface area contributed by atoms with Crippen LogP contribution < -0.4 is 14.8 Å². The number of aromatic nitrogens is 3. The molecule has 0 aliphatic carbocycles. The zero-order valence-corrected chi connectivity index (χ0v) is 17.8. The van der Waals surface area contributed by atoms with E-state index in [2.05, 4.69) is 42.2 Å². The van der Waals surface area contributed by atoms with Crippen molar-refractivity contribution in [2.75, 3.05) is 11.9 Å². The maximum atomic E-state index is 12.6. The van der Waals surface area contributed by atoms with Gasteiger partial charge in [0, 0.05) is 11.8 Å². The molecule has 7 nitrogen and oxygen atoms in total. The number of anilines is 1. The SMILES string of the molecule is Cc1cc(OC(C)C(=O)Nc2cccc(OCCn3cncn3)c2)ccc1C(C)C. The van der Waals surface area contributed by atoms with Crippen LogP contribution in [0.15, 0.2) is 55.1 Å². The molecular weight excluding hydrogens is 380 g/mol. The van der Waals surface area contributed by atoms with Gasteiger partial charge in [0.25, 0.3) is 5.91 Å². The fourth-order valence-corrected chi connectivity index (χ4v) is 3.14. The van der Waals surface area contributed by atoms with Gasteiger partial charge in [-0.3, -0.25) is 4.79 Å². The fourth-order valence-electron chi connectivity index (χ4n) is 3.14. The summed E-state index contributed by atoms with van der Waals surface area (Å²) in [6, 6.07) is 13.2. The number of nitrogens with one attached hydrogen (secondary N) is 1. The molecule has 0 aliphatic rings. The normalized spacial score (nSPS) is 11.9. The lowest BCUT2D eigenvalue weighted by atomic mass is 9.98. The van der Waals surface area contributed by atoms with Crippen LogP contribution in [0.5, 0.6) is 11.5 Å². The fraction of sp³-hybridized carbons (Fsp3) is 0.348. The van der Waals surface area contributed by atoms with E-state index in [1.165, 1.54) is 11.9 Å². The van der Waals surface area contributed by atoms with Gasteiger partial charge in [0.05, 0.1) is 6.54 Å². The first kappa shape index (κ1) is 21.4. The zero-order chi connectivity index (χ0) is 21.5. The molecule has 158 valence electrons. The van der Waals surface area contributed by atoms with Crippen molar-refractivity contribution in [1.82, 2.24) is 14.8 Å². The molecule has 1 aromatic heterocycles. The Balaban J connectivity index is 1.54. The van der Waals surface area contributed by atoms with Gasteiger partial charge < -0.3 is 14.8 Å². The summed E-state index contributed by atoms with van der Waals surface area (Å²) in [4.78, 5) is 16.5. The Morgan fingerprint density at radius 3 is 2.67 bits per heavy atom. The quantitative estimate of drug-likeness (QED) is 0.574. The molecule has 0 spiro atoms. The number of ether oxygens (including phenoxy) is 2. The second-order valence-corrected chi connectivity index (χ2v) is 7.46. The van der Waals surface area contributed by atoms with E-state index in [4.69, 9.17) is 9.47 Å². The van der Waals surface area contributed by atoms with Crippen LogP contribution >= 0.6 is 0 Å². The van der Waals surface area contributed by atoms with E-state index < -0.39 is 6.10 Å². The van der Waals surface area contributed by atoms with Crippen LogP contribution in [-0.4, -0.2) is 33.4 Å². The van der Waals surface area contributed by atoms with Crippen LogP contribution in [0.1, 0.15) is 37.8 Å². The third-order valence-corrected chi connectivity index (χ3v) is 4.70. The minimum absolute atomic E-state index is 0.222. The first-order valence-corrected chi connectivity index (χ1v) is 10.1. The number of benzene rings is 2. The summed E-state index contributed by atoms with van der Waals surface area (Å²) in [5.74, 6) is 1.58. The summed E-state index contributed by atoms with van der Waals surface area (Å²) in [6.07, 6.45) is 2.49. The monoisotopic (exact) mass is 408 g/mol. The number of rotatable bonds is 9. The highest BCUT2D eigenvalue weighted by Gasteiger charge is 2.16. The van der Waals surface area contributed by atoms with Gasteiger partial charge in [-0.1, -0.05) is 26.0 Å². The Morgan fingerprint density at radius 1 is 1.13 bits per heavy atom. The number of carbonyl (C=O) groups excluding carboxylic acids is 1. The zero-order valence-electron chi connectivity index (χ0n) is 17.8. The van der Waals surface area contributed by atoms with Gasteiger partial charge in [-0.25, -0.2) is 9.67 Å². The van der Waals surface area contributed by atoms with Crippen molar-refractivity contribution in [2.45, 2.75) is 46.3 Å². The molecule has 1 amide bonds. The molecule has 1 atom stereocenters. The average molecular weight is 409 g/mol. The molecule has 0 fully saturated rings. The molecule has 3 aromatic rings. The minimum Gasteiger partial charge on any atom is -0.492 e. The van der Waals surface area contributed by atoms with Gasteiger partial charge in [-0.2, -0.15) is 5.10 Å². The molecule has 0 saturated carbocycles. The molecule has 1 N–H and O–H groups in total. The highest BCUT2D eigenvalue weighted by atomic mass is 16.5. The van der Waals surface area contributed by atoms with Gasteiger partial charge in [0.2, 0.25) is 0 Å². The van der Waals surface area contributed by atoms with Crippen molar-refractivity contribution in [2.24, 2.45) is 0 Å². The first-order chi connectivity index (χ1) is 14.4. The highest BCUT2D eigenvalue weighted by molar-refractivity contribution is 5.94. The van der Waals surface area contributed by atoms with Crippen LogP contribution in [0.2, 0.25) is 0 Å². The maximum absolute atomic E-state index is 12.6. The molecule has 2 aromatic carbocycles. The van der Waals surface area contributed by atoms with Gasteiger partial charge >= 0.3 is 0 Å². The van der Waals surface area contributed by atoms with Gasteiger partial charge in [-0.05, 0) is 55.2 Å². The van der Waals surface area contributed by atoms with Crippen molar-refractivity contribution in [3.63, 3.8) is 0 Å². The van der Waals surface area contributed by atoms with Crippen molar-refractivity contribution in [1.29, 1.82) is 0 Å². The molecule has 3 rings (SSSR count). The number of hydrogen-bond donors (Lipinski definition) is 1. The summed E-state index contributed by atoms with van der Waals surface area (Å²) in [5, 5.41) is 6.91. The smallest absolute Gasteiger partial charge is 0.265 e. The Bertz CT molecular complexity index is 970. The number of carbonyl (C=O) groups is 1. The second kappa shape index (κ2) is 9.91. The summed E-state index contributed by atoms with van der Waals surface area (Å²) in [6.45, 7) is 9.15. The van der Waals surface area contributed by atoms with Crippen LogP contribution in [0, 0.1) is 6.92 Å². The second-order valence-electron chi connectivity index (χ2n) is 7.46. The van der Waals surface area contributed by atoms with E-state index in [0.717, 1.165) is 5.56 Å². The Kier molecular flexibility index (Phi) is 7.06. The molecule has 0 bridgehead atoms. The molecule has 1 unspecified atom stereocenters. The number of amides is 1. The molecule has 0 aliphatic heterocycles. The topological polar surface area (TPSA) is 78.3 Å². The predicted molar refractivity (Wildman–Crippen MR) is 116 cm³/mol. The van der Waals surface area contributed by atoms with Crippen molar-refractivity contribution >= 4 is 11.6 Å². The molecule has 0 saturated heterocycles. The largest absolute Gasteiger partial charge is 0.492 e. The molecule has 7 heteroatoms. The molecular formula is C23H28N4O3. The van der Waals surface area contributed by atoms with Crippen LogP contribution in [-0.2, 0) is 11.3 Å². The lowest BCUT2D eigenvalue weighted by Gasteiger charge is -2.17. The van der Waals surface area contributed by atoms with Gasteiger partial charge in [-0.15, -0.1) is 0 Å². The van der Waals surface area contributed by atoms with E-state index in [0.29, 0.717) is 36.3 Å². The van der Waals surface area contributed by atoms with Crippen LogP contribution in [0.25, 0.3) is 0 Å². The Morgan fingerprint density at radius 2 is 1.97 bits per heavy atom. The van der Waals surface area contributed by atoms with E-state index in [-0.39, 0.29) is 5.91 Å². The summed E-state index contributed by atoms with van der Waals surface area (Å²) >= 11 is 0. The van der Waals surface area contributed by atoms with Crippen molar-refractivity contribution in [3.05, 3.63) is 66.2 Å². The van der Waals surface area contributed by atoms with E-state index in [1.807, 2.05) is 30.3 Å². The van der Waals surface area contributed by atoms with Crippen LogP contribution in [0.4, 0.5) is 5.69 Å². The molecule has 0 radical (unpaired) electrons. The molecule has 1 heterocycles. The van der Waals surface area contributed by atoms with Crippen LogP contribution in [0.3, 0.4) is 0 Å². The average Bonchev–Trinajstić information content (AvgIpc) is 3.21. The number of hydrogen-bond acceptors (Lipinski definition) is 5. The minimum atomic E-state index is -0.633. The van der Waals surface area contributed by atoms with Gasteiger partial charge in [0.15, 0.2) is 6.10 Å². The summed E-state index contributed by atoms with van der Waals surface area (Å²) in [7, 11) is 0. The third kappa shape index (κ3) is 5.83. The van der Waals surface area contributed by atoms with E-state index in [9.17, 15) is 4.79 Å². The first-order valence-electron chi connectivity index (χ1n) is 10.1. The molecule has 30 heavy (non-hydrogen) atoms. The van der Waals surface area contributed by atoms with E-state index in [1.54, 1.807) is 24.0 Å². The Hall–Kier alpha value is -3.35. The number of aryl methyl sites for hydroxylation is 1. The number of nitrogens with zero attached hydrogens (tertiary/aromatic N) is 3. The van der Waals surface area contributed by atoms with Crippen molar-refractivity contribution in [3.8, 4) is 11.5 Å². The van der Waals surface area contributed by atoms with E-state index >= 15 is 0 Å². The maximum Gasteiger partial charge on any atom is 0.265 e. The lowest BCUT2D eigenvalue weighted by Crippen LogP contribution is -2.30. The highest BCUT2D eigenvalue weighted by Crippen LogP contribution is 2.24. The third-order valence-electron chi connectivity index (χ3n) is 4.70. The lowest BCUT2D eigenvalue weighted by molar-refractivity contribution is -0.122. The van der Waals surface area contributed by atoms with Crippen molar-refractivity contribution < 1.29 is 14.3 Å².